The Morgan fingerprint density at radius 3 is 1.80 bits per heavy atom. The predicted octanol–water partition coefficient (Wildman–Crippen LogP) is 15.1. The highest BCUT2D eigenvalue weighted by molar-refractivity contribution is 7.26. The molecule has 9 aromatic carbocycles. The molecule has 0 saturated heterocycles. The summed E-state index contributed by atoms with van der Waals surface area (Å²) >= 11 is 1.88. The van der Waals surface area contributed by atoms with Gasteiger partial charge in [0, 0.05) is 53.7 Å². The summed E-state index contributed by atoms with van der Waals surface area (Å²) < 4.78 is 5.06. The molecule has 258 valence electrons. The molecule has 0 aliphatic heterocycles. The number of hydrogen-bond donors (Lipinski definition) is 0. The maximum atomic E-state index is 2.40. The smallest absolute Gasteiger partial charge is 0.0542 e. The Hall–Kier alpha value is -6.94. The maximum Gasteiger partial charge on any atom is 0.0542 e. The van der Waals surface area contributed by atoms with Crippen molar-refractivity contribution in [2.45, 2.75) is 0 Å². The van der Waals surface area contributed by atoms with Crippen LogP contribution in [0.4, 0.5) is 17.1 Å². The molecule has 0 N–H and O–H groups in total. The summed E-state index contributed by atoms with van der Waals surface area (Å²) in [5.41, 5.74) is 11.8. The van der Waals surface area contributed by atoms with Gasteiger partial charge in [-0.15, -0.1) is 11.3 Å². The van der Waals surface area contributed by atoms with Crippen molar-refractivity contribution in [2.75, 3.05) is 4.90 Å². The molecule has 0 aliphatic carbocycles. The van der Waals surface area contributed by atoms with E-state index in [0.717, 1.165) is 22.7 Å². The number of fused-ring (bicyclic) bond motifs is 7. The van der Waals surface area contributed by atoms with Crippen molar-refractivity contribution in [3.8, 4) is 27.9 Å². The van der Waals surface area contributed by atoms with Gasteiger partial charge in [0.1, 0.15) is 0 Å². The topological polar surface area (TPSA) is 8.17 Å². The molecule has 2 heterocycles. The summed E-state index contributed by atoms with van der Waals surface area (Å²) in [5.74, 6) is 0. The second kappa shape index (κ2) is 12.9. The van der Waals surface area contributed by atoms with Gasteiger partial charge in [0.2, 0.25) is 0 Å². The van der Waals surface area contributed by atoms with E-state index in [1.165, 1.54) is 75.0 Å². The largest absolute Gasteiger partial charge is 0.310 e. The predicted molar refractivity (Wildman–Crippen MR) is 237 cm³/mol. The Labute approximate surface area is 323 Å². The number of aromatic nitrogens is 1. The van der Waals surface area contributed by atoms with Gasteiger partial charge in [0.25, 0.3) is 0 Å². The molecule has 0 atom stereocenters. The molecule has 0 aliphatic rings. The Bertz CT molecular complexity index is 3180. The van der Waals surface area contributed by atoms with Crippen LogP contribution in [0.15, 0.2) is 206 Å². The van der Waals surface area contributed by atoms with Crippen molar-refractivity contribution in [1.82, 2.24) is 4.57 Å². The van der Waals surface area contributed by atoms with Crippen LogP contribution in [-0.4, -0.2) is 4.57 Å². The van der Waals surface area contributed by atoms with E-state index in [-0.39, 0.29) is 0 Å². The maximum absolute atomic E-state index is 2.40. The van der Waals surface area contributed by atoms with Gasteiger partial charge in [-0.05, 0) is 99.8 Å². The molecule has 0 saturated carbocycles. The summed E-state index contributed by atoms with van der Waals surface area (Å²) in [5, 5.41) is 7.63. The summed E-state index contributed by atoms with van der Waals surface area (Å²) in [6.07, 6.45) is 0. The Morgan fingerprint density at radius 1 is 0.364 bits per heavy atom. The van der Waals surface area contributed by atoms with Crippen molar-refractivity contribution in [3.05, 3.63) is 206 Å². The van der Waals surface area contributed by atoms with Gasteiger partial charge in [-0.2, -0.15) is 0 Å². The molecule has 0 fully saturated rings. The van der Waals surface area contributed by atoms with E-state index in [1.54, 1.807) is 0 Å². The lowest BCUT2D eigenvalue weighted by atomic mass is 9.98. The van der Waals surface area contributed by atoms with Gasteiger partial charge in [-0.1, -0.05) is 140 Å². The first-order chi connectivity index (χ1) is 27.3. The molecule has 55 heavy (non-hydrogen) atoms. The molecule has 0 spiro atoms. The molecule has 0 amide bonds. The lowest BCUT2D eigenvalue weighted by Gasteiger charge is -2.26. The standard InChI is InChI=1S/C52H34N2S/c1-2-14-38(15-3-1)53(39-28-26-37(27-29-39)44-20-11-21-47-46-18-7-9-23-51(46)55-52(44)47)41-32-33-50-48(34-41)45-17-6-8-22-49(45)54(50)40-30-24-36(25-31-40)43-19-10-13-35-12-4-5-16-42(35)43/h1-34H. The van der Waals surface area contributed by atoms with E-state index < -0.39 is 0 Å². The Morgan fingerprint density at radius 2 is 0.945 bits per heavy atom. The third kappa shape index (κ3) is 5.24. The minimum atomic E-state index is 1.12. The first-order valence-corrected chi connectivity index (χ1v) is 19.6. The second-order valence-corrected chi connectivity index (χ2v) is 15.2. The van der Waals surface area contributed by atoms with Gasteiger partial charge in [-0.3, -0.25) is 0 Å². The average molecular weight is 719 g/mol. The molecule has 2 aromatic heterocycles. The third-order valence-corrected chi connectivity index (χ3v) is 12.2. The number of rotatable bonds is 6. The molecule has 0 unspecified atom stereocenters. The first kappa shape index (κ1) is 31.6. The molecule has 0 bridgehead atoms. The van der Waals surface area contributed by atoms with E-state index in [2.05, 4.69) is 216 Å². The number of anilines is 3. The van der Waals surface area contributed by atoms with Gasteiger partial charge >= 0.3 is 0 Å². The number of thiophene rings is 1. The van der Waals surface area contributed by atoms with Gasteiger partial charge in [0.15, 0.2) is 0 Å². The zero-order valence-electron chi connectivity index (χ0n) is 29.9. The fraction of sp³-hybridized carbons (Fsp3) is 0. The van der Waals surface area contributed by atoms with Crippen molar-refractivity contribution >= 4 is 81.1 Å². The minimum absolute atomic E-state index is 1.12. The average Bonchev–Trinajstić information content (AvgIpc) is 3.80. The van der Waals surface area contributed by atoms with Crippen LogP contribution in [0.25, 0.3) is 80.7 Å². The minimum Gasteiger partial charge on any atom is -0.310 e. The first-order valence-electron chi connectivity index (χ1n) is 18.8. The monoisotopic (exact) mass is 718 g/mol. The van der Waals surface area contributed by atoms with Crippen LogP contribution in [-0.2, 0) is 0 Å². The lowest BCUT2D eigenvalue weighted by molar-refractivity contribution is 1.18. The van der Waals surface area contributed by atoms with Crippen LogP contribution in [0, 0.1) is 0 Å². The van der Waals surface area contributed by atoms with E-state index in [0.29, 0.717) is 0 Å². The van der Waals surface area contributed by atoms with Crippen LogP contribution in [0.5, 0.6) is 0 Å². The van der Waals surface area contributed by atoms with Crippen LogP contribution >= 0.6 is 11.3 Å². The van der Waals surface area contributed by atoms with Gasteiger partial charge in [-0.25, -0.2) is 0 Å². The fourth-order valence-electron chi connectivity index (χ4n) is 8.43. The zero-order valence-corrected chi connectivity index (χ0v) is 30.7. The number of hydrogen-bond acceptors (Lipinski definition) is 2. The summed E-state index contributed by atoms with van der Waals surface area (Å²) in [6, 6.07) is 75.1. The highest BCUT2D eigenvalue weighted by atomic mass is 32.1. The molecule has 3 heteroatoms. The fourth-order valence-corrected chi connectivity index (χ4v) is 9.67. The highest BCUT2D eigenvalue weighted by Crippen LogP contribution is 2.43. The summed E-state index contributed by atoms with van der Waals surface area (Å²) in [4.78, 5) is 2.37. The van der Waals surface area contributed by atoms with Crippen LogP contribution in [0.2, 0.25) is 0 Å². The Kier molecular flexibility index (Phi) is 7.39. The SMILES string of the molecule is c1ccc(N(c2ccc(-c3cccc4c3sc3ccccc34)cc2)c2ccc3c(c2)c2ccccc2n3-c2ccc(-c3cccc4ccccc34)cc2)cc1. The molecular weight excluding hydrogens is 685 g/mol. The van der Waals surface area contributed by atoms with E-state index in [4.69, 9.17) is 0 Å². The third-order valence-electron chi connectivity index (χ3n) is 11.0. The van der Waals surface area contributed by atoms with Gasteiger partial charge < -0.3 is 9.47 Å². The Balaban J connectivity index is 1.01. The van der Waals surface area contributed by atoms with E-state index >= 15 is 0 Å². The zero-order chi connectivity index (χ0) is 36.3. The molecule has 11 aromatic rings. The van der Waals surface area contributed by atoms with Crippen molar-refractivity contribution in [2.24, 2.45) is 0 Å². The summed E-state index contributed by atoms with van der Waals surface area (Å²) in [6.45, 7) is 0. The number of benzene rings is 9. The molecule has 2 nitrogen and oxygen atoms in total. The van der Waals surface area contributed by atoms with Gasteiger partial charge in [0.05, 0.1) is 11.0 Å². The second-order valence-electron chi connectivity index (χ2n) is 14.1. The van der Waals surface area contributed by atoms with Crippen molar-refractivity contribution in [1.29, 1.82) is 0 Å². The molecule has 0 radical (unpaired) electrons. The highest BCUT2D eigenvalue weighted by Gasteiger charge is 2.18. The van der Waals surface area contributed by atoms with Crippen molar-refractivity contribution in [3.63, 3.8) is 0 Å². The van der Waals surface area contributed by atoms with E-state index in [1.807, 2.05) is 11.3 Å². The quantitative estimate of drug-likeness (QED) is 0.166. The lowest BCUT2D eigenvalue weighted by Crippen LogP contribution is -2.09. The summed E-state index contributed by atoms with van der Waals surface area (Å²) in [7, 11) is 0. The van der Waals surface area contributed by atoms with Crippen LogP contribution in [0.3, 0.4) is 0 Å². The molecule has 11 rings (SSSR count). The van der Waals surface area contributed by atoms with E-state index in [9.17, 15) is 0 Å². The molecular formula is C52H34N2S. The normalized spacial score (nSPS) is 11.6. The van der Waals surface area contributed by atoms with Crippen LogP contribution in [0.1, 0.15) is 0 Å². The number of para-hydroxylation sites is 2. The number of nitrogens with zero attached hydrogens (tertiary/aromatic N) is 2. The van der Waals surface area contributed by atoms with Crippen LogP contribution < -0.4 is 4.90 Å². The van der Waals surface area contributed by atoms with Crippen molar-refractivity contribution < 1.29 is 0 Å².